The van der Waals surface area contributed by atoms with Crippen LogP contribution in [0.3, 0.4) is 0 Å². The third kappa shape index (κ3) is 3.70. The molecule has 8 heteroatoms. The second-order valence-corrected chi connectivity index (χ2v) is 6.35. The lowest BCUT2D eigenvalue weighted by Gasteiger charge is -2.09. The largest absolute Gasteiger partial charge is 0.324 e. The van der Waals surface area contributed by atoms with Crippen LogP contribution in [0.5, 0.6) is 0 Å². The molecule has 0 bridgehead atoms. The Morgan fingerprint density at radius 2 is 1.75 bits per heavy atom. The van der Waals surface area contributed by atoms with Crippen molar-refractivity contribution in [1.82, 2.24) is 9.55 Å². The van der Waals surface area contributed by atoms with E-state index in [-0.39, 0.29) is 12.1 Å². The standard InChI is InChI=1S/C16H10Cl3N3O2/c17-9-1-2-13-14(6-9)20-8-22(16(13)24)7-15(23)21-12-4-10(18)3-11(19)5-12/h1-6,8H,7H2,(H,21,23). The van der Waals surface area contributed by atoms with Crippen LogP contribution in [-0.4, -0.2) is 15.5 Å². The van der Waals surface area contributed by atoms with E-state index in [9.17, 15) is 9.59 Å². The maximum absolute atomic E-state index is 12.4. The number of benzene rings is 2. The van der Waals surface area contributed by atoms with Gasteiger partial charge in [0, 0.05) is 20.8 Å². The summed E-state index contributed by atoms with van der Waals surface area (Å²) in [5.74, 6) is -0.398. The van der Waals surface area contributed by atoms with Crippen molar-refractivity contribution in [3.8, 4) is 0 Å². The average Bonchev–Trinajstić information content (AvgIpc) is 2.49. The van der Waals surface area contributed by atoms with Gasteiger partial charge in [-0.1, -0.05) is 34.8 Å². The zero-order valence-electron chi connectivity index (χ0n) is 12.1. The van der Waals surface area contributed by atoms with Crippen molar-refractivity contribution in [2.24, 2.45) is 0 Å². The third-order valence-corrected chi connectivity index (χ3v) is 3.92. The summed E-state index contributed by atoms with van der Waals surface area (Å²) in [6.07, 6.45) is 1.31. The van der Waals surface area contributed by atoms with E-state index in [2.05, 4.69) is 10.3 Å². The summed E-state index contributed by atoms with van der Waals surface area (Å²) in [5.41, 5.74) is 0.604. The van der Waals surface area contributed by atoms with E-state index >= 15 is 0 Å². The van der Waals surface area contributed by atoms with Crippen LogP contribution < -0.4 is 10.9 Å². The SMILES string of the molecule is O=C(Cn1cnc2cc(Cl)ccc2c1=O)Nc1cc(Cl)cc(Cl)c1. The molecule has 1 heterocycles. The molecule has 0 unspecified atom stereocenters. The molecule has 0 spiro atoms. The number of nitrogens with one attached hydrogen (secondary N) is 1. The molecule has 0 radical (unpaired) electrons. The van der Waals surface area contributed by atoms with Crippen molar-refractivity contribution in [3.63, 3.8) is 0 Å². The molecule has 0 fully saturated rings. The average molecular weight is 383 g/mol. The van der Waals surface area contributed by atoms with Crippen LogP contribution in [-0.2, 0) is 11.3 Å². The Balaban J connectivity index is 1.84. The van der Waals surface area contributed by atoms with Crippen LogP contribution in [0, 0.1) is 0 Å². The Labute approximate surface area is 151 Å². The van der Waals surface area contributed by atoms with Gasteiger partial charge >= 0.3 is 0 Å². The van der Waals surface area contributed by atoms with Crippen molar-refractivity contribution in [2.45, 2.75) is 6.54 Å². The molecule has 24 heavy (non-hydrogen) atoms. The molecular weight excluding hydrogens is 373 g/mol. The molecule has 0 saturated carbocycles. The number of aromatic nitrogens is 2. The van der Waals surface area contributed by atoms with Gasteiger partial charge in [0.15, 0.2) is 0 Å². The summed E-state index contributed by atoms with van der Waals surface area (Å²) in [6.45, 7) is -0.186. The minimum absolute atomic E-state index is 0.186. The van der Waals surface area contributed by atoms with Gasteiger partial charge in [0.05, 0.1) is 17.2 Å². The first-order chi connectivity index (χ1) is 11.4. The van der Waals surface area contributed by atoms with Crippen molar-refractivity contribution < 1.29 is 4.79 Å². The molecule has 122 valence electrons. The highest BCUT2D eigenvalue weighted by Crippen LogP contribution is 2.22. The summed E-state index contributed by atoms with van der Waals surface area (Å²) in [5, 5.41) is 4.32. The van der Waals surface area contributed by atoms with Gasteiger partial charge in [-0.05, 0) is 36.4 Å². The maximum Gasteiger partial charge on any atom is 0.261 e. The minimum Gasteiger partial charge on any atom is -0.324 e. The Kier molecular flexibility index (Phi) is 4.76. The molecule has 1 N–H and O–H groups in total. The van der Waals surface area contributed by atoms with E-state index in [1.165, 1.54) is 10.9 Å². The highest BCUT2D eigenvalue weighted by Gasteiger charge is 2.09. The van der Waals surface area contributed by atoms with E-state index in [1.54, 1.807) is 36.4 Å². The number of halogens is 3. The minimum atomic E-state index is -0.398. The van der Waals surface area contributed by atoms with Crippen molar-refractivity contribution in [1.29, 1.82) is 0 Å². The monoisotopic (exact) mass is 381 g/mol. The summed E-state index contributed by atoms with van der Waals surface area (Å²) in [4.78, 5) is 28.7. The number of carbonyl (C=O) groups is 1. The van der Waals surface area contributed by atoms with Gasteiger partial charge in [0.25, 0.3) is 5.56 Å². The predicted molar refractivity (Wildman–Crippen MR) is 96.1 cm³/mol. The molecule has 2 aromatic carbocycles. The number of anilines is 1. The number of amides is 1. The zero-order valence-corrected chi connectivity index (χ0v) is 14.4. The lowest BCUT2D eigenvalue weighted by Crippen LogP contribution is -2.27. The molecule has 1 aromatic heterocycles. The van der Waals surface area contributed by atoms with E-state index in [1.807, 2.05) is 0 Å². The fourth-order valence-corrected chi connectivity index (χ4v) is 2.92. The van der Waals surface area contributed by atoms with E-state index in [0.29, 0.717) is 31.7 Å². The zero-order chi connectivity index (χ0) is 17.3. The number of hydrogen-bond acceptors (Lipinski definition) is 3. The summed E-state index contributed by atoms with van der Waals surface area (Å²) in [6, 6.07) is 9.46. The highest BCUT2D eigenvalue weighted by atomic mass is 35.5. The van der Waals surface area contributed by atoms with Gasteiger partial charge in [0.1, 0.15) is 6.54 Å². The third-order valence-electron chi connectivity index (χ3n) is 3.25. The van der Waals surface area contributed by atoms with Gasteiger partial charge in [-0.15, -0.1) is 0 Å². The van der Waals surface area contributed by atoms with Gasteiger partial charge in [-0.3, -0.25) is 14.2 Å². The quantitative estimate of drug-likeness (QED) is 0.745. The molecule has 5 nitrogen and oxygen atoms in total. The first-order valence-corrected chi connectivity index (χ1v) is 7.96. The molecule has 0 aliphatic heterocycles. The van der Waals surface area contributed by atoms with Gasteiger partial charge in [0.2, 0.25) is 5.91 Å². The van der Waals surface area contributed by atoms with Crippen LogP contribution in [0.4, 0.5) is 5.69 Å². The van der Waals surface area contributed by atoms with Crippen LogP contribution in [0.1, 0.15) is 0 Å². The van der Waals surface area contributed by atoms with Gasteiger partial charge in [-0.25, -0.2) is 4.98 Å². The van der Waals surface area contributed by atoms with Crippen molar-refractivity contribution >= 4 is 57.3 Å². The van der Waals surface area contributed by atoms with Crippen LogP contribution in [0.15, 0.2) is 47.5 Å². The number of hydrogen-bond donors (Lipinski definition) is 1. The molecule has 0 atom stereocenters. The molecule has 0 aliphatic rings. The molecule has 1 amide bonds. The lowest BCUT2D eigenvalue weighted by molar-refractivity contribution is -0.116. The number of rotatable bonds is 3. The van der Waals surface area contributed by atoms with Crippen molar-refractivity contribution in [2.75, 3.05) is 5.32 Å². The van der Waals surface area contributed by atoms with Crippen LogP contribution in [0.25, 0.3) is 10.9 Å². The topological polar surface area (TPSA) is 64.0 Å². The number of nitrogens with zero attached hydrogens (tertiary/aromatic N) is 2. The fourth-order valence-electron chi connectivity index (χ4n) is 2.23. The normalized spacial score (nSPS) is 10.8. The molecule has 0 aliphatic carbocycles. The smallest absolute Gasteiger partial charge is 0.261 e. The van der Waals surface area contributed by atoms with Gasteiger partial charge < -0.3 is 5.32 Å². The molecule has 0 saturated heterocycles. The predicted octanol–water partition coefficient (Wildman–Crippen LogP) is 4.00. The lowest BCUT2D eigenvalue weighted by atomic mass is 10.2. The molecule has 3 aromatic rings. The summed E-state index contributed by atoms with van der Waals surface area (Å²) in [7, 11) is 0. The second kappa shape index (κ2) is 6.81. The number of carbonyl (C=O) groups excluding carboxylic acids is 1. The first kappa shape index (κ1) is 16.8. The van der Waals surface area contributed by atoms with Crippen LogP contribution >= 0.6 is 34.8 Å². The van der Waals surface area contributed by atoms with Crippen molar-refractivity contribution in [3.05, 3.63) is 68.1 Å². The maximum atomic E-state index is 12.4. The van der Waals surface area contributed by atoms with Gasteiger partial charge in [-0.2, -0.15) is 0 Å². The Bertz CT molecular complexity index is 981. The summed E-state index contributed by atoms with van der Waals surface area (Å²) < 4.78 is 1.22. The highest BCUT2D eigenvalue weighted by molar-refractivity contribution is 6.35. The second-order valence-electron chi connectivity index (χ2n) is 5.05. The molecular formula is C16H10Cl3N3O2. The fraction of sp³-hybridized carbons (Fsp3) is 0.0625. The van der Waals surface area contributed by atoms with E-state index < -0.39 is 5.91 Å². The first-order valence-electron chi connectivity index (χ1n) is 6.83. The molecule has 3 rings (SSSR count). The number of fused-ring (bicyclic) bond motifs is 1. The summed E-state index contributed by atoms with van der Waals surface area (Å²) >= 11 is 17.6. The Morgan fingerprint density at radius 3 is 2.46 bits per heavy atom. The van der Waals surface area contributed by atoms with Crippen LogP contribution in [0.2, 0.25) is 15.1 Å². The van der Waals surface area contributed by atoms with E-state index in [0.717, 1.165) is 0 Å². The Morgan fingerprint density at radius 1 is 1.04 bits per heavy atom. The van der Waals surface area contributed by atoms with E-state index in [4.69, 9.17) is 34.8 Å². The Hall–Kier alpha value is -2.08.